The Bertz CT molecular complexity index is 1070. The average Bonchev–Trinajstić information content (AvgIpc) is 2.82. The highest BCUT2D eigenvalue weighted by Crippen LogP contribution is 2.23. The third-order valence-electron chi connectivity index (χ3n) is 5.63. The maximum atomic E-state index is 12.5. The van der Waals surface area contributed by atoms with Crippen molar-refractivity contribution in [1.29, 1.82) is 0 Å². The van der Waals surface area contributed by atoms with Gasteiger partial charge in [0.1, 0.15) is 0 Å². The van der Waals surface area contributed by atoms with Crippen LogP contribution in [0.2, 0.25) is 0 Å². The Morgan fingerprint density at radius 3 is 2.58 bits per heavy atom. The van der Waals surface area contributed by atoms with Crippen LogP contribution in [-0.2, 0) is 11.3 Å². The number of carbonyl (C=O) groups excluding carboxylic acids is 1. The van der Waals surface area contributed by atoms with Crippen LogP contribution in [0.1, 0.15) is 18.4 Å². The molecule has 1 aliphatic heterocycles. The number of amides is 1. The second-order valence-corrected chi connectivity index (χ2v) is 7.77. The molecule has 1 saturated heterocycles. The van der Waals surface area contributed by atoms with Crippen molar-refractivity contribution >= 4 is 11.7 Å². The predicted octanol–water partition coefficient (Wildman–Crippen LogP) is 2.04. The van der Waals surface area contributed by atoms with E-state index in [-0.39, 0.29) is 17.4 Å². The van der Waals surface area contributed by atoms with Crippen LogP contribution in [0.5, 0.6) is 0 Å². The van der Waals surface area contributed by atoms with Gasteiger partial charge >= 0.3 is 0 Å². The minimum Gasteiger partial charge on any atom is -0.355 e. The highest BCUT2D eigenvalue weighted by Gasteiger charge is 2.25. The molecule has 2 aromatic heterocycles. The van der Waals surface area contributed by atoms with Gasteiger partial charge in [-0.15, -0.1) is 10.2 Å². The van der Waals surface area contributed by atoms with Crippen molar-refractivity contribution in [1.82, 2.24) is 25.1 Å². The van der Waals surface area contributed by atoms with Gasteiger partial charge in [0, 0.05) is 49.4 Å². The highest BCUT2D eigenvalue weighted by atomic mass is 16.2. The minimum atomic E-state index is -0.0723. The SMILES string of the molecule is Cc1cncn(CCNC(=O)C2CCN(c3ccc(-c4ccccc4)nn3)CC2)c1=O. The molecule has 160 valence electrons. The van der Waals surface area contributed by atoms with Gasteiger partial charge in [0.25, 0.3) is 5.56 Å². The molecule has 0 unspecified atom stereocenters. The van der Waals surface area contributed by atoms with Crippen molar-refractivity contribution in [2.45, 2.75) is 26.3 Å². The first-order valence-electron chi connectivity index (χ1n) is 10.5. The van der Waals surface area contributed by atoms with Crippen molar-refractivity contribution in [2.75, 3.05) is 24.5 Å². The second-order valence-electron chi connectivity index (χ2n) is 7.77. The summed E-state index contributed by atoms with van der Waals surface area (Å²) in [6, 6.07) is 13.9. The molecule has 1 amide bonds. The average molecular weight is 419 g/mol. The van der Waals surface area contributed by atoms with E-state index in [1.54, 1.807) is 13.1 Å². The van der Waals surface area contributed by atoms with Crippen LogP contribution in [0.3, 0.4) is 0 Å². The monoisotopic (exact) mass is 418 g/mol. The van der Waals surface area contributed by atoms with Crippen LogP contribution in [0.4, 0.5) is 5.82 Å². The van der Waals surface area contributed by atoms with Crippen LogP contribution < -0.4 is 15.8 Å². The zero-order chi connectivity index (χ0) is 21.6. The third-order valence-corrected chi connectivity index (χ3v) is 5.63. The lowest BCUT2D eigenvalue weighted by Gasteiger charge is -2.31. The second kappa shape index (κ2) is 9.51. The number of piperidine rings is 1. The number of aryl methyl sites for hydroxylation is 1. The third kappa shape index (κ3) is 4.96. The molecule has 3 aromatic rings. The van der Waals surface area contributed by atoms with Crippen molar-refractivity contribution in [2.24, 2.45) is 5.92 Å². The Balaban J connectivity index is 1.26. The molecular formula is C23H26N6O2. The number of nitrogens with one attached hydrogen (secondary N) is 1. The van der Waals surface area contributed by atoms with E-state index < -0.39 is 0 Å². The van der Waals surface area contributed by atoms with Gasteiger partial charge < -0.3 is 10.2 Å². The number of carbonyl (C=O) groups is 1. The first kappa shape index (κ1) is 20.7. The van der Waals surface area contributed by atoms with Gasteiger partial charge in [-0.05, 0) is 31.9 Å². The smallest absolute Gasteiger partial charge is 0.256 e. The van der Waals surface area contributed by atoms with Gasteiger partial charge in [0.05, 0.1) is 12.0 Å². The van der Waals surface area contributed by atoms with Gasteiger partial charge in [0.2, 0.25) is 5.91 Å². The summed E-state index contributed by atoms with van der Waals surface area (Å²) in [6.07, 6.45) is 4.58. The number of aromatic nitrogens is 4. The zero-order valence-corrected chi connectivity index (χ0v) is 17.6. The standard InChI is InChI=1S/C23H26N6O2/c1-17-15-24-16-29(23(17)31)14-11-25-22(30)19-9-12-28(13-10-19)21-8-7-20(26-27-21)18-5-3-2-4-6-18/h2-8,15-16,19H,9-14H2,1H3,(H,25,30). The van der Waals surface area contributed by atoms with E-state index >= 15 is 0 Å². The van der Waals surface area contributed by atoms with Crippen LogP contribution >= 0.6 is 0 Å². The summed E-state index contributed by atoms with van der Waals surface area (Å²) in [6.45, 7) is 4.09. The molecule has 0 atom stereocenters. The van der Waals surface area contributed by atoms with Gasteiger partial charge in [-0.3, -0.25) is 14.2 Å². The van der Waals surface area contributed by atoms with E-state index in [2.05, 4.69) is 25.4 Å². The fourth-order valence-electron chi connectivity index (χ4n) is 3.79. The summed E-state index contributed by atoms with van der Waals surface area (Å²) in [5.41, 5.74) is 2.42. The van der Waals surface area contributed by atoms with E-state index in [4.69, 9.17) is 0 Å². The van der Waals surface area contributed by atoms with Crippen LogP contribution in [0.25, 0.3) is 11.3 Å². The van der Waals surface area contributed by atoms with E-state index in [9.17, 15) is 9.59 Å². The number of hydrogen-bond donors (Lipinski definition) is 1. The fraction of sp³-hybridized carbons (Fsp3) is 0.348. The lowest BCUT2D eigenvalue weighted by atomic mass is 9.96. The normalized spacial score (nSPS) is 14.4. The Morgan fingerprint density at radius 2 is 1.87 bits per heavy atom. The number of rotatable bonds is 6. The molecule has 0 spiro atoms. The van der Waals surface area contributed by atoms with Gasteiger partial charge in [-0.2, -0.15) is 0 Å². The van der Waals surface area contributed by atoms with Gasteiger partial charge in [-0.1, -0.05) is 30.3 Å². The number of hydrogen-bond acceptors (Lipinski definition) is 6. The van der Waals surface area contributed by atoms with E-state index in [1.165, 1.54) is 10.9 Å². The maximum Gasteiger partial charge on any atom is 0.256 e. The van der Waals surface area contributed by atoms with Crippen molar-refractivity contribution < 1.29 is 4.79 Å². The lowest BCUT2D eigenvalue weighted by Crippen LogP contribution is -2.42. The summed E-state index contributed by atoms with van der Waals surface area (Å²) in [5.74, 6) is 0.851. The molecule has 4 rings (SSSR count). The minimum absolute atomic E-state index is 0.0276. The molecule has 1 fully saturated rings. The topological polar surface area (TPSA) is 93.0 Å². The maximum absolute atomic E-state index is 12.5. The Morgan fingerprint density at radius 1 is 1.10 bits per heavy atom. The number of nitrogens with zero attached hydrogens (tertiary/aromatic N) is 5. The van der Waals surface area contributed by atoms with Crippen LogP contribution in [0.15, 0.2) is 59.8 Å². The number of anilines is 1. The summed E-state index contributed by atoms with van der Waals surface area (Å²) in [4.78, 5) is 30.7. The Kier molecular flexibility index (Phi) is 6.35. The molecule has 0 saturated carbocycles. The summed E-state index contributed by atoms with van der Waals surface area (Å²) in [7, 11) is 0. The largest absolute Gasteiger partial charge is 0.355 e. The van der Waals surface area contributed by atoms with Crippen molar-refractivity contribution in [3.8, 4) is 11.3 Å². The fourth-order valence-corrected chi connectivity index (χ4v) is 3.79. The van der Waals surface area contributed by atoms with Crippen LogP contribution in [-0.4, -0.2) is 45.3 Å². The van der Waals surface area contributed by atoms with Gasteiger partial charge in [-0.25, -0.2) is 4.98 Å². The first-order chi connectivity index (χ1) is 15.1. The molecule has 31 heavy (non-hydrogen) atoms. The summed E-state index contributed by atoms with van der Waals surface area (Å²) >= 11 is 0. The zero-order valence-electron chi connectivity index (χ0n) is 17.6. The van der Waals surface area contributed by atoms with Crippen molar-refractivity contribution in [3.05, 3.63) is 70.9 Å². The van der Waals surface area contributed by atoms with Gasteiger partial charge in [0.15, 0.2) is 5.82 Å². The quantitative estimate of drug-likeness (QED) is 0.659. The molecular weight excluding hydrogens is 392 g/mol. The molecule has 8 heteroatoms. The molecule has 0 bridgehead atoms. The van der Waals surface area contributed by atoms with E-state index in [0.29, 0.717) is 18.7 Å². The summed E-state index contributed by atoms with van der Waals surface area (Å²) in [5, 5.41) is 11.7. The lowest BCUT2D eigenvalue weighted by molar-refractivity contribution is -0.125. The van der Waals surface area contributed by atoms with Crippen molar-refractivity contribution in [3.63, 3.8) is 0 Å². The number of benzene rings is 1. The predicted molar refractivity (Wildman–Crippen MR) is 119 cm³/mol. The molecule has 1 aromatic carbocycles. The highest BCUT2D eigenvalue weighted by molar-refractivity contribution is 5.78. The molecule has 3 heterocycles. The molecule has 0 radical (unpaired) electrons. The van der Waals surface area contributed by atoms with E-state index in [1.807, 2.05) is 42.5 Å². The molecule has 1 aliphatic rings. The molecule has 0 aliphatic carbocycles. The summed E-state index contributed by atoms with van der Waals surface area (Å²) < 4.78 is 1.52. The van der Waals surface area contributed by atoms with Crippen LogP contribution in [0, 0.1) is 12.8 Å². The molecule has 1 N–H and O–H groups in total. The Labute approximate surface area is 181 Å². The first-order valence-corrected chi connectivity index (χ1v) is 10.5. The Hall–Kier alpha value is -3.55. The van der Waals surface area contributed by atoms with E-state index in [0.717, 1.165) is 43.0 Å². The molecule has 8 nitrogen and oxygen atoms in total.